The summed E-state index contributed by atoms with van der Waals surface area (Å²) in [6, 6.07) is 24.1. The third-order valence-electron chi connectivity index (χ3n) is 8.34. The molecule has 0 unspecified atom stereocenters. The van der Waals surface area contributed by atoms with E-state index < -0.39 is 21.4 Å². The van der Waals surface area contributed by atoms with Crippen LogP contribution in [0.5, 0.6) is 11.5 Å². The Morgan fingerprint density at radius 2 is 1.55 bits per heavy atom. The Morgan fingerprint density at radius 3 is 2.25 bits per heavy atom. The number of benzene rings is 3. The average molecular weight is 561 g/mol. The summed E-state index contributed by atoms with van der Waals surface area (Å²) >= 11 is 0. The molecule has 2 saturated heterocycles. The van der Waals surface area contributed by atoms with Crippen LogP contribution in [0.25, 0.3) is 11.1 Å². The van der Waals surface area contributed by atoms with Crippen LogP contribution in [0.2, 0.25) is 0 Å². The van der Waals surface area contributed by atoms with E-state index in [0.29, 0.717) is 18.7 Å². The first kappa shape index (κ1) is 26.9. The van der Waals surface area contributed by atoms with Gasteiger partial charge in [0.25, 0.3) is 0 Å². The zero-order chi connectivity index (χ0) is 27.7. The second kappa shape index (κ2) is 11.3. The van der Waals surface area contributed by atoms with Gasteiger partial charge in [0.05, 0.1) is 11.8 Å². The lowest BCUT2D eigenvalue weighted by molar-refractivity contribution is 0.128. The topological polar surface area (TPSA) is 79.3 Å². The molecular formula is C32H36N2O5S. The Bertz CT molecular complexity index is 1450. The van der Waals surface area contributed by atoms with Crippen LogP contribution in [-0.2, 0) is 14.8 Å². The maximum atomic E-state index is 13.9. The number of hydrogen-bond acceptors (Lipinski definition) is 6. The van der Waals surface area contributed by atoms with Crippen LogP contribution in [0.1, 0.15) is 36.8 Å². The van der Waals surface area contributed by atoms with Gasteiger partial charge >= 0.3 is 0 Å². The van der Waals surface area contributed by atoms with Gasteiger partial charge in [0.15, 0.2) is 0 Å². The van der Waals surface area contributed by atoms with Crippen molar-refractivity contribution in [2.75, 3.05) is 37.6 Å². The number of aromatic hydroxyl groups is 1. The first-order chi connectivity index (χ1) is 19.4. The molecule has 40 heavy (non-hydrogen) atoms. The lowest BCUT2D eigenvalue weighted by Gasteiger charge is -2.29. The normalized spacial score (nSPS) is 23.0. The Morgan fingerprint density at radius 1 is 0.900 bits per heavy atom. The van der Waals surface area contributed by atoms with E-state index in [9.17, 15) is 13.5 Å². The Hall–Kier alpha value is -3.33. The third kappa shape index (κ3) is 5.23. The fourth-order valence-electron chi connectivity index (χ4n) is 6.20. The second-order valence-electron chi connectivity index (χ2n) is 10.8. The van der Waals surface area contributed by atoms with Gasteiger partial charge in [-0.25, -0.2) is 8.42 Å². The van der Waals surface area contributed by atoms with Gasteiger partial charge in [-0.3, -0.25) is 9.21 Å². The molecule has 8 heteroatoms. The van der Waals surface area contributed by atoms with Gasteiger partial charge in [0.1, 0.15) is 29.5 Å². The van der Waals surface area contributed by atoms with Crippen molar-refractivity contribution < 1.29 is 23.0 Å². The SMILES string of the molecule is CN(c1ccccc1)S(=O)(=O)[C@H]1C[C@H]2O[C@@H]1C(c1ccc(OCCN3CCCCC3)cc1)=C2c1ccc(O)cc1. The molecule has 0 saturated carbocycles. The molecule has 6 rings (SSSR count). The summed E-state index contributed by atoms with van der Waals surface area (Å²) in [5, 5.41) is 9.16. The lowest BCUT2D eigenvalue weighted by atomic mass is 9.83. The average Bonchev–Trinajstić information content (AvgIpc) is 3.59. The highest BCUT2D eigenvalue weighted by atomic mass is 32.2. The molecule has 210 valence electrons. The number of anilines is 1. The third-order valence-corrected chi connectivity index (χ3v) is 10.5. The predicted octanol–water partition coefficient (Wildman–Crippen LogP) is 5.17. The number of piperidine rings is 1. The molecule has 3 aromatic rings. The molecule has 0 aliphatic carbocycles. The standard InChI is InChI=1S/C32H36N2O5S/c1-33(25-8-4-2-5-9-25)40(36,37)29-22-28-30(23-10-14-26(35)15-11-23)31(32(29)39-28)24-12-16-27(17-13-24)38-21-20-34-18-6-3-7-19-34/h2,4-5,8-17,28-29,32,35H,3,6-7,18-22H2,1H3/t28-,29+,32+/m1/s1. The molecule has 3 aliphatic heterocycles. The van der Waals surface area contributed by atoms with Crippen LogP contribution in [0, 0.1) is 0 Å². The summed E-state index contributed by atoms with van der Waals surface area (Å²) in [5.74, 6) is 0.982. The molecule has 0 aromatic heterocycles. The van der Waals surface area contributed by atoms with E-state index in [1.54, 1.807) is 31.3 Å². The fourth-order valence-corrected chi connectivity index (χ4v) is 7.95. The molecule has 1 N–H and O–H groups in total. The lowest BCUT2D eigenvalue weighted by Crippen LogP contribution is -2.42. The van der Waals surface area contributed by atoms with Gasteiger partial charge < -0.3 is 14.6 Å². The number of sulfonamides is 1. The van der Waals surface area contributed by atoms with Crippen molar-refractivity contribution in [1.29, 1.82) is 0 Å². The van der Waals surface area contributed by atoms with E-state index in [1.807, 2.05) is 54.6 Å². The maximum Gasteiger partial charge on any atom is 0.240 e. The van der Waals surface area contributed by atoms with Crippen LogP contribution in [0.4, 0.5) is 5.69 Å². The number of ether oxygens (including phenoxy) is 2. The molecule has 3 aliphatic rings. The Kier molecular flexibility index (Phi) is 7.57. The van der Waals surface area contributed by atoms with Crippen molar-refractivity contribution in [2.45, 2.75) is 43.1 Å². The summed E-state index contributed by atoms with van der Waals surface area (Å²) in [5.41, 5.74) is 4.34. The van der Waals surface area contributed by atoms with Crippen LogP contribution in [0.3, 0.4) is 0 Å². The first-order valence-corrected chi connectivity index (χ1v) is 15.6. The van der Waals surface area contributed by atoms with Crippen molar-refractivity contribution >= 4 is 26.9 Å². The van der Waals surface area contributed by atoms with Gasteiger partial charge in [-0.05, 0) is 91.0 Å². The van der Waals surface area contributed by atoms with Gasteiger partial charge in [0.2, 0.25) is 10.0 Å². The van der Waals surface area contributed by atoms with Crippen LogP contribution in [0.15, 0.2) is 78.9 Å². The van der Waals surface area contributed by atoms with Crippen molar-refractivity contribution in [3.05, 3.63) is 90.0 Å². The van der Waals surface area contributed by atoms with E-state index in [2.05, 4.69) is 4.90 Å². The van der Waals surface area contributed by atoms with Gasteiger partial charge in [-0.2, -0.15) is 0 Å². The summed E-state index contributed by atoms with van der Waals surface area (Å²) in [7, 11) is -2.09. The molecule has 2 fully saturated rings. The molecule has 3 heterocycles. The van der Waals surface area contributed by atoms with Crippen molar-refractivity contribution in [3.8, 4) is 11.5 Å². The quantitative estimate of drug-likeness (QED) is 0.389. The number of phenolic OH excluding ortho intramolecular Hbond substituents is 1. The Balaban J connectivity index is 1.28. The molecule has 0 radical (unpaired) electrons. The highest BCUT2D eigenvalue weighted by Gasteiger charge is 2.53. The maximum absolute atomic E-state index is 13.9. The minimum atomic E-state index is -3.70. The van der Waals surface area contributed by atoms with E-state index in [1.165, 1.54) is 23.6 Å². The molecule has 2 bridgehead atoms. The zero-order valence-electron chi connectivity index (χ0n) is 22.8. The second-order valence-corrected chi connectivity index (χ2v) is 13.0. The van der Waals surface area contributed by atoms with Gasteiger partial charge in [0, 0.05) is 13.6 Å². The van der Waals surface area contributed by atoms with Crippen LogP contribution >= 0.6 is 0 Å². The molecule has 0 amide bonds. The summed E-state index contributed by atoms with van der Waals surface area (Å²) in [6.45, 7) is 3.84. The number of nitrogens with zero attached hydrogens (tertiary/aromatic N) is 2. The van der Waals surface area contributed by atoms with Crippen LogP contribution < -0.4 is 9.04 Å². The van der Waals surface area contributed by atoms with Crippen molar-refractivity contribution in [1.82, 2.24) is 4.90 Å². The van der Waals surface area contributed by atoms with Crippen molar-refractivity contribution in [2.24, 2.45) is 0 Å². The van der Waals surface area contributed by atoms with Gasteiger partial charge in [-0.15, -0.1) is 0 Å². The van der Waals surface area contributed by atoms with Gasteiger partial charge in [-0.1, -0.05) is 48.9 Å². The van der Waals surface area contributed by atoms with E-state index in [-0.39, 0.29) is 11.9 Å². The zero-order valence-corrected chi connectivity index (χ0v) is 23.6. The monoisotopic (exact) mass is 560 g/mol. The van der Waals surface area contributed by atoms with E-state index in [4.69, 9.17) is 9.47 Å². The predicted molar refractivity (Wildman–Crippen MR) is 158 cm³/mol. The number of hydrogen-bond donors (Lipinski definition) is 1. The fraction of sp³-hybridized carbons (Fsp3) is 0.375. The summed E-state index contributed by atoms with van der Waals surface area (Å²) in [6.07, 6.45) is 3.26. The number of phenols is 1. The largest absolute Gasteiger partial charge is 0.508 e. The smallest absolute Gasteiger partial charge is 0.240 e. The molecule has 3 atom stereocenters. The first-order valence-electron chi connectivity index (χ1n) is 14.1. The summed E-state index contributed by atoms with van der Waals surface area (Å²) in [4.78, 5) is 2.45. The Labute approximate surface area is 236 Å². The van der Waals surface area contributed by atoms with E-state index >= 15 is 0 Å². The molecular weight excluding hydrogens is 524 g/mol. The van der Waals surface area contributed by atoms with Crippen molar-refractivity contribution in [3.63, 3.8) is 0 Å². The number of rotatable bonds is 9. The highest BCUT2D eigenvalue weighted by molar-refractivity contribution is 7.93. The molecule has 0 spiro atoms. The molecule has 3 aromatic carbocycles. The number of para-hydroxylation sites is 1. The molecule has 7 nitrogen and oxygen atoms in total. The summed E-state index contributed by atoms with van der Waals surface area (Å²) < 4.78 is 41.5. The minimum Gasteiger partial charge on any atom is -0.508 e. The van der Waals surface area contributed by atoms with E-state index in [0.717, 1.165) is 47.7 Å². The van der Waals surface area contributed by atoms with Crippen LogP contribution in [-0.4, -0.2) is 69.2 Å². The minimum absolute atomic E-state index is 0.186. The highest BCUT2D eigenvalue weighted by Crippen LogP contribution is 2.51. The number of likely N-dealkylation sites (tertiary alicyclic amines) is 1. The number of fused-ring (bicyclic) bond motifs is 2.